The Morgan fingerprint density at radius 3 is 2.55 bits per heavy atom. The molecule has 2 rings (SSSR count). The summed E-state index contributed by atoms with van der Waals surface area (Å²) in [6, 6.07) is 4.72. The lowest BCUT2D eigenvalue weighted by Crippen LogP contribution is -2.51. The predicted molar refractivity (Wildman–Crippen MR) is 81.2 cm³/mol. The molecule has 1 aromatic carbocycles. The molecular formula is C14H19ClF3N3O. The fourth-order valence-corrected chi connectivity index (χ4v) is 2.25. The van der Waals surface area contributed by atoms with E-state index in [0.717, 1.165) is 31.8 Å². The van der Waals surface area contributed by atoms with Gasteiger partial charge in [0.1, 0.15) is 0 Å². The van der Waals surface area contributed by atoms with Gasteiger partial charge in [0, 0.05) is 31.4 Å². The molecule has 8 heteroatoms. The zero-order chi connectivity index (χ0) is 15.5. The lowest BCUT2D eigenvalue weighted by molar-refractivity contribution is -0.137. The third kappa shape index (κ3) is 5.15. The van der Waals surface area contributed by atoms with Gasteiger partial charge in [0.15, 0.2) is 0 Å². The van der Waals surface area contributed by atoms with Gasteiger partial charge in [-0.05, 0) is 31.2 Å². The first kappa shape index (κ1) is 18.7. The SMILES string of the molecule is C[C@@H]1CNCCN1CC(=O)Nc1ccc(C(F)(F)F)cc1.Cl. The van der Waals surface area contributed by atoms with Crippen LogP contribution in [0.3, 0.4) is 0 Å². The topological polar surface area (TPSA) is 44.4 Å². The molecule has 1 aliphatic rings. The van der Waals surface area contributed by atoms with Crippen LogP contribution in [0.5, 0.6) is 0 Å². The first-order valence-electron chi connectivity index (χ1n) is 6.78. The zero-order valence-corrected chi connectivity index (χ0v) is 12.9. The number of rotatable bonds is 3. The van der Waals surface area contributed by atoms with Crippen molar-refractivity contribution in [1.29, 1.82) is 0 Å². The first-order chi connectivity index (χ1) is 9.86. The highest BCUT2D eigenvalue weighted by atomic mass is 35.5. The van der Waals surface area contributed by atoms with E-state index in [1.165, 1.54) is 12.1 Å². The molecule has 0 bridgehead atoms. The minimum Gasteiger partial charge on any atom is -0.325 e. The number of nitrogens with zero attached hydrogens (tertiary/aromatic N) is 1. The van der Waals surface area contributed by atoms with E-state index in [2.05, 4.69) is 10.6 Å². The molecule has 0 aromatic heterocycles. The fourth-order valence-electron chi connectivity index (χ4n) is 2.25. The van der Waals surface area contributed by atoms with Crippen LogP contribution in [-0.2, 0) is 11.0 Å². The highest BCUT2D eigenvalue weighted by Crippen LogP contribution is 2.29. The van der Waals surface area contributed by atoms with Gasteiger partial charge >= 0.3 is 6.18 Å². The highest BCUT2D eigenvalue weighted by Gasteiger charge is 2.30. The van der Waals surface area contributed by atoms with Gasteiger partial charge < -0.3 is 10.6 Å². The number of hydrogen-bond donors (Lipinski definition) is 2. The van der Waals surface area contributed by atoms with Crippen LogP contribution in [0.15, 0.2) is 24.3 Å². The number of amides is 1. The number of halogens is 4. The van der Waals surface area contributed by atoms with Gasteiger partial charge in [-0.2, -0.15) is 13.2 Å². The Morgan fingerprint density at radius 2 is 2.00 bits per heavy atom. The molecule has 0 aliphatic carbocycles. The number of nitrogens with one attached hydrogen (secondary N) is 2. The Balaban J connectivity index is 0.00000242. The molecule has 0 unspecified atom stereocenters. The van der Waals surface area contributed by atoms with E-state index in [-0.39, 0.29) is 30.9 Å². The molecule has 1 saturated heterocycles. The molecule has 0 spiro atoms. The lowest BCUT2D eigenvalue weighted by atomic mass is 10.2. The Labute approximate surface area is 133 Å². The summed E-state index contributed by atoms with van der Waals surface area (Å²) < 4.78 is 37.3. The van der Waals surface area contributed by atoms with Crippen molar-refractivity contribution in [3.05, 3.63) is 29.8 Å². The summed E-state index contributed by atoms with van der Waals surface area (Å²) in [6.45, 7) is 4.70. The molecule has 1 fully saturated rings. The van der Waals surface area contributed by atoms with Gasteiger partial charge in [-0.25, -0.2) is 0 Å². The van der Waals surface area contributed by atoms with Gasteiger partial charge in [0.25, 0.3) is 0 Å². The quantitative estimate of drug-likeness (QED) is 0.890. The van der Waals surface area contributed by atoms with Gasteiger partial charge in [0.2, 0.25) is 5.91 Å². The lowest BCUT2D eigenvalue weighted by Gasteiger charge is -2.33. The van der Waals surface area contributed by atoms with Crippen molar-refractivity contribution in [2.24, 2.45) is 0 Å². The molecule has 1 aliphatic heterocycles. The Hall–Kier alpha value is -1.31. The summed E-state index contributed by atoms with van der Waals surface area (Å²) in [5.41, 5.74) is -0.355. The van der Waals surface area contributed by atoms with Crippen molar-refractivity contribution in [1.82, 2.24) is 10.2 Å². The second-order valence-electron chi connectivity index (χ2n) is 5.15. The van der Waals surface area contributed by atoms with Crippen LogP contribution in [0.4, 0.5) is 18.9 Å². The van der Waals surface area contributed by atoms with Crippen molar-refractivity contribution in [3.63, 3.8) is 0 Å². The minimum absolute atomic E-state index is 0. The second-order valence-corrected chi connectivity index (χ2v) is 5.15. The van der Waals surface area contributed by atoms with E-state index in [1.54, 1.807) is 0 Å². The minimum atomic E-state index is -4.36. The maximum Gasteiger partial charge on any atom is 0.416 e. The van der Waals surface area contributed by atoms with E-state index in [1.807, 2.05) is 11.8 Å². The summed E-state index contributed by atoms with van der Waals surface area (Å²) in [4.78, 5) is 14.0. The van der Waals surface area contributed by atoms with Crippen molar-refractivity contribution in [2.45, 2.75) is 19.1 Å². The molecular weight excluding hydrogens is 319 g/mol. The number of carbonyl (C=O) groups is 1. The summed E-state index contributed by atoms with van der Waals surface area (Å²) in [7, 11) is 0. The van der Waals surface area contributed by atoms with Gasteiger partial charge in [-0.15, -0.1) is 12.4 Å². The monoisotopic (exact) mass is 337 g/mol. The molecule has 22 heavy (non-hydrogen) atoms. The van der Waals surface area contributed by atoms with Crippen LogP contribution >= 0.6 is 12.4 Å². The van der Waals surface area contributed by atoms with Crippen LogP contribution in [0.25, 0.3) is 0 Å². The maximum atomic E-state index is 12.4. The number of hydrogen-bond acceptors (Lipinski definition) is 3. The molecule has 124 valence electrons. The van der Waals surface area contributed by atoms with Gasteiger partial charge in [-0.1, -0.05) is 0 Å². The Morgan fingerprint density at radius 1 is 1.36 bits per heavy atom. The second kappa shape index (κ2) is 7.80. The van der Waals surface area contributed by atoms with Crippen LogP contribution < -0.4 is 10.6 Å². The molecule has 4 nitrogen and oxygen atoms in total. The third-order valence-electron chi connectivity index (χ3n) is 3.48. The van der Waals surface area contributed by atoms with E-state index >= 15 is 0 Å². The van der Waals surface area contributed by atoms with Crippen molar-refractivity contribution in [2.75, 3.05) is 31.5 Å². The summed E-state index contributed by atoms with van der Waals surface area (Å²) in [6.07, 6.45) is -4.36. The average Bonchev–Trinajstić information content (AvgIpc) is 2.41. The smallest absolute Gasteiger partial charge is 0.325 e. The molecule has 1 amide bonds. The Kier molecular flexibility index (Phi) is 6.65. The standard InChI is InChI=1S/C14H18F3N3O.ClH/c1-10-8-18-6-7-20(10)9-13(21)19-12-4-2-11(3-5-12)14(15,16)17;/h2-5,10,18H,6-9H2,1H3,(H,19,21);1H/t10-;/m1./s1. The van der Waals surface area contributed by atoms with Crippen LogP contribution in [0, 0.1) is 0 Å². The number of anilines is 1. The van der Waals surface area contributed by atoms with Crippen LogP contribution in [-0.4, -0.2) is 43.0 Å². The summed E-state index contributed by atoms with van der Waals surface area (Å²) in [5, 5.41) is 5.85. The zero-order valence-electron chi connectivity index (χ0n) is 12.1. The molecule has 2 N–H and O–H groups in total. The largest absolute Gasteiger partial charge is 0.416 e. The fraction of sp³-hybridized carbons (Fsp3) is 0.500. The van der Waals surface area contributed by atoms with E-state index in [9.17, 15) is 18.0 Å². The highest BCUT2D eigenvalue weighted by molar-refractivity contribution is 5.92. The first-order valence-corrected chi connectivity index (χ1v) is 6.78. The third-order valence-corrected chi connectivity index (χ3v) is 3.48. The van der Waals surface area contributed by atoms with Gasteiger partial charge in [-0.3, -0.25) is 9.69 Å². The maximum absolute atomic E-state index is 12.4. The normalized spacial score (nSPS) is 19.4. The number of alkyl halides is 3. The van der Waals surface area contributed by atoms with Crippen molar-refractivity contribution >= 4 is 24.0 Å². The molecule has 1 aromatic rings. The number of piperazine rings is 1. The van der Waals surface area contributed by atoms with Crippen LogP contribution in [0.1, 0.15) is 12.5 Å². The van der Waals surface area contributed by atoms with Crippen LogP contribution in [0.2, 0.25) is 0 Å². The number of carbonyl (C=O) groups excluding carboxylic acids is 1. The van der Waals surface area contributed by atoms with E-state index < -0.39 is 11.7 Å². The van der Waals surface area contributed by atoms with E-state index in [4.69, 9.17) is 0 Å². The average molecular weight is 338 g/mol. The van der Waals surface area contributed by atoms with Crippen molar-refractivity contribution in [3.8, 4) is 0 Å². The van der Waals surface area contributed by atoms with Gasteiger partial charge in [0.05, 0.1) is 12.1 Å². The molecule has 0 radical (unpaired) electrons. The summed E-state index contributed by atoms with van der Waals surface area (Å²) in [5.74, 6) is -0.219. The Bertz CT molecular complexity index is 493. The van der Waals surface area contributed by atoms with E-state index in [0.29, 0.717) is 5.69 Å². The molecule has 1 atom stereocenters. The predicted octanol–water partition coefficient (Wildman–Crippen LogP) is 2.36. The number of benzene rings is 1. The van der Waals surface area contributed by atoms with Crippen molar-refractivity contribution < 1.29 is 18.0 Å². The molecule has 1 heterocycles. The molecule has 0 saturated carbocycles. The summed E-state index contributed by atoms with van der Waals surface area (Å²) >= 11 is 0.